The van der Waals surface area contributed by atoms with Crippen molar-refractivity contribution in [3.8, 4) is 5.82 Å². The highest BCUT2D eigenvalue weighted by molar-refractivity contribution is 6.31. The zero-order valence-electron chi connectivity index (χ0n) is 17.2. The van der Waals surface area contributed by atoms with Gasteiger partial charge in [-0.05, 0) is 56.4 Å². The van der Waals surface area contributed by atoms with Crippen LogP contribution in [-0.4, -0.2) is 32.5 Å². The minimum absolute atomic E-state index is 0.0803. The number of rotatable bonds is 3. The van der Waals surface area contributed by atoms with E-state index in [1.807, 2.05) is 18.3 Å². The van der Waals surface area contributed by atoms with Crippen LogP contribution >= 0.6 is 11.6 Å². The van der Waals surface area contributed by atoms with Gasteiger partial charge in [-0.3, -0.25) is 9.47 Å². The highest BCUT2D eigenvalue weighted by Gasteiger charge is 2.44. The quantitative estimate of drug-likeness (QED) is 0.647. The molecule has 0 radical (unpaired) electrons. The van der Waals surface area contributed by atoms with Gasteiger partial charge in [0, 0.05) is 36.8 Å². The van der Waals surface area contributed by atoms with Gasteiger partial charge in [0.05, 0.1) is 23.1 Å². The summed E-state index contributed by atoms with van der Waals surface area (Å²) in [6.45, 7) is 5.08. The Bertz CT molecular complexity index is 1110. The summed E-state index contributed by atoms with van der Waals surface area (Å²) >= 11 is 6.46. The molecule has 0 atom stereocenters. The molecule has 3 aromatic rings. The Morgan fingerprint density at radius 2 is 2.00 bits per heavy atom. The standard InChI is InChI=1S/C24H26ClN5/c1-16-4-7-19(25)18(13-16)15-29-11-8-24(9-12-29)21-14-27-22(17-5-6-17)30(21)23-20(28-24)3-2-10-26-23/h2-4,7,10,13-14,17,28H,5-6,8-9,11-12,15H2,1H3. The maximum atomic E-state index is 6.46. The highest BCUT2D eigenvalue weighted by Crippen LogP contribution is 2.47. The third-order valence-corrected chi connectivity index (χ3v) is 7.27. The molecule has 2 fully saturated rings. The average molecular weight is 420 g/mol. The molecule has 1 aromatic carbocycles. The highest BCUT2D eigenvalue weighted by atomic mass is 35.5. The molecule has 0 bridgehead atoms. The van der Waals surface area contributed by atoms with Crippen molar-refractivity contribution >= 4 is 17.3 Å². The van der Waals surface area contributed by atoms with Gasteiger partial charge < -0.3 is 5.32 Å². The predicted molar refractivity (Wildman–Crippen MR) is 119 cm³/mol. The molecule has 2 aliphatic heterocycles. The van der Waals surface area contributed by atoms with E-state index in [-0.39, 0.29) is 5.54 Å². The number of pyridine rings is 1. The number of piperidine rings is 1. The van der Waals surface area contributed by atoms with Crippen LogP contribution in [0.2, 0.25) is 5.02 Å². The molecule has 1 aliphatic carbocycles. The third kappa shape index (κ3) is 2.95. The maximum absolute atomic E-state index is 6.46. The number of nitrogens with zero attached hydrogens (tertiary/aromatic N) is 4. The number of aromatic nitrogens is 3. The summed E-state index contributed by atoms with van der Waals surface area (Å²) in [5.74, 6) is 2.79. The van der Waals surface area contributed by atoms with E-state index >= 15 is 0 Å². The lowest BCUT2D eigenvalue weighted by Crippen LogP contribution is -2.49. The molecule has 6 rings (SSSR count). The van der Waals surface area contributed by atoms with Gasteiger partial charge in [-0.25, -0.2) is 9.97 Å². The van der Waals surface area contributed by atoms with Crippen molar-refractivity contribution in [3.63, 3.8) is 0 Å². The molecule has 30 heavy (non-hydrogen) atoms. The summed E-state index contributed by atoms with van der Waals surface area (Å²) in [7, 11) is 0. The van der Waals surface area contributed by atoms with Crippen LogP contribution in [0.4, 0.5) is 5.69 Å². The van der Waals surface area contributed by atoms with Gasteiger partial charge in [0.1, 0.15) is 5.82 Å². The maximum Gasteiger partial charge on any atom is 0.161 e. The van der Waals surface area contributed by atoms with Crippen LogP contribution in [0.25, 0.3) is 5.82 Å². The summed E-state index contributed by atoms with van der Waals surface area (Å²) in [5.41, 5.74) is 4.81. The molecular formula is C24H26ClN5. The number of hydrogen-bond acceptors (Lipinski definition) is 4. The summed E-state index contributed by atoms with van der Waals surface area (Å²) in [6, 6.07) is 10.5. The van der Waals surface area contributed by atoms with Gasteiger partial charge in [-0.2, -0.15) is 0 Å². The number of halogens is 1. The molecule has 0 unspecified atom stereocenters. The molecule has 0 amide bonds. The Morgan fingerprint density at radius 3 is 2.80 bits per heavy atom. The fourth-order valence-electron chi connectivity index (χ4n) is 5.09. The van der Waals surface area contributed by atoms with Crippen LogP contribution in [0, 0.1) is 6.92 Å². The van der Waals surface area contributed by atoms with E-state index in [0.717, 1.165) is 49.0 Å². The van der Waals surface area contributed by atoms with Crippen molar-refractivity contribution in [2.45, 2.75) is 50.6 Å². The number of anilines is 1. The van der Waals surface area contributed by atoms with Crippen molar-refractivity contribution in [2.75, 3.05) is 18.4 Å². The Morgan fingerprint density at radius 1 is 1.17 bits per heavy atom. The topological polar surface area (TPSA) is 46.0 Å². The van der Waals surface area contributed by atoms with Gasteiger partial charge in [0.25, 0.3) is 0 Å². The second kappa shape index (κ2) is 6.82. The molecule has 1 saturated carbocycles. The normalized spacial score (nSPS) is 19.9. The van der Waals surface area contributed by atoms with Crippen LogP contribution in [0.1, 0.15) is 54.2 Å². The van der Waals surface area contributed by atoms with E-state index in [2.05, 4.69) is 46.1 Å². The van der Waals surface area contributed by atoms with E-state index in [4.69, 9.17) is 21.6 Å². The second-order valence-corrected chi connectivity index (χ2v) is 9.47. The first-order chi connectivity index (χ1) is 14.6. The first-order valence-corrected chi connectivity index (χ1v) is 11.3. The van der Waals surface area contributed by atoms with Crippen LogP contribution < -0.4 is 5.32 Å². The Labute approximate surface area is 182 Å². The van der Waals surface area contributed by atoms with E-state index in [0.29, 0.717) is 5.92 Å². The van der Waals surface area contributed by atoms with Crippen LogP contribution in [-0.2, 0) is 12.1 Å². The average Bonchev–Trinajstić information content (AvgIpc) is 3.50. The fraction of sp³-hybridized carbons (Fsp3) is 0.417. The molecule has 1 saturated heterocycles. The number of fused-ring (bicyclic) bond motifs is 4. The number of nitrogens with one attached hydrogen (secondary N) is 1. The number of imidazole rings is 1. The van der Waals surface area contributed by atoms with Crippen molar-refractivity contribution in [2.24, 2.45) is 0 Å². The number of aryl methyl sites for hydroxylation is 1. The number of likely N-dealkylation sites (tertiary alicyclic amines) is 1. The van der Waals surface area contributed by atoms with E-state index in [1.54, 1.807) is 0 Å². The fourth-order valence-corrected chi connectivity index (χ4v) is 5.27. The first-order valence-electron chi connectivity index (χ1n) is 10.9. The van der Waals surface area contributed by atoms with Crippen LogP contribution in [0.3, 0.4) is 0 Å². The van der Waals surface area contributed by atoms with Gasteiger partial charge in [0.15, 0.2) is 5.82 Å². The molecule has 4 heterocycles. The minimum Gasteiger partial charge on any atom is -0.371 e. The smallest absolute Gasteiger partial charge is 0.161 e. The Kier molecular flexibility index (Phi) is 4.19. The largest absolute Gasteiger partial charge is 0.371 e. The van der Waals surface area contributed by atoms with Crippen molar-refractivity contribution in [3.05, 3.63) is 70.4 Å². The van der Waals surface area contributed by atoms with Crippen LogP contribution in [0.15, 0.2) is 42.7 Å². The van der Waals surface area contributed by atoms with Crippen molar-refractivity contribution < 1.29 is 0 Å². The monoisotopic (exact) mass is 419 g/mol. The van der Waals surface area contributed by atoms with Gasteiger partial charge in [0.2, 0.25) is 0 Å². The van der Waals surface area contributed by atoms with Crippen LogP contribution in [0.5, 0.6) is 0 Å². The summed E-state index contributed by atoms with van der Waals surface area (Å²) in [4.78, 5) is 12.1. The van der Waals surface area contributed by atoms with E-state index < -0.39 is 0 Å². The van der Waals surface area contributed by atoms with Crippen molar-refractivity contribution in [1.29, 1.82) is 0 Å². The van der Waals surface area contributed by atoms with E-state index in [1.165, 1.54) is 35.5 Å². The number of benzene rings is 1. The lowest BCUT2D eigenvalue weighted by atomic mass is 9.82. The van der Waals surface area contributed by atoms with Gasteiger partial charge >= 0.3 is 0 Å². The molecular weight excluding hydrogens is 394 g/mol. The molecule has 2 aromatic heterocycles. The molecule has 1 spiro atoms. The summed E-state index contributed by atoms with van der Waals surface area (Å²) in [5, 5.41) is 4.73. The van der Waals surface area contributed by atoms with Crippen molar-refractivity contribution in [1.82, 2.24) is 19.4 Å². The van der Waals surface area contributed by atoms with Gasteiger partial charge in [-0.1, -0.05) is 29.3 Å². The zero-order chi connectivity index (χ0) is 20.3. The predicted octanol–water partition coefficient (Wildman–Crippen LogP) is 5.02. The molecule has 6 heteroatoms. The second-order valence-electron chi connectivity index (χ2n) is 9.06. The Balaban J connectivity index is 1.30. The summed E-state index contributed by atoms with van der Waals surface area (Å²) in [6.07, 6.45) is 8.55. The summed E-state index contributed by atoms with van der Waals surface area (Å²) < 4.78 is 2.36. The SMILES string of the molecule is Cc1ccc(Cl)c(CN2CCC3(CC2)Nc2cccnc2-n2c3cnc2C2CC2)c1. The molecule has 3 aliphatic rings. The van der Waals surface area contributed by atoms with Gasteiger partial charge in [-0.15, -0.1) is 0 Å². The third-order valence-electron chi connectivity index (χ3n) is 6.90. The van der Waals surface area contributed by atoms with E-state index in [9.17, 15) is 0 Å². The number of hydrogen-bond donors (Lipinski definition) is 1. The first kappa shape index (κ1) is 18.4. The lowest BCUT2D eigenvalue weighted by molar-refractivity contribution is 0.161. The molecule has 1 N–H and O–H groups in total. The minimum atomic E-state index is -0.0803. The molecule has 154 valence electrons. The Hall–Kier alpha value is -2.37. The molecule has 5 nitrogen and oxygen atoms in total. The zero-order valence-corrected chi connectivity index (χ0v) is 18.0. The lowest BCUT2D eigenvalue weighted by Gasteiger charge is -2.45.